The molecule has 90 valence electrons. The van der Waals surface area contributed by atoms with Gasteiger partial charge in [-0.1, -0.05) is 52.4 Å². The fourth-order valence-corrected chi connectivity index (χ4v) is 1.55. The van der Waals surface area contributed by atoms with Crippen LogP contribution in [0, 0.1) is 5.92 Å². The van der Waals surface area contributed by atoms with Gasteiger partial charge in [0.05, 0.1) is 6.61 Å². The Balaban J connectivity index is 3.02. The fourth-order valence-electron chi connectivity index (χ4n) is 1.55. The molecule has 0 rings (SSSR count). The lowest BCUT2D eigenvalue weighted by atomic mass is 10.0. The lowest BCUT2D eigenvalue weighted by Crippen LogP contribution is -2.00. The van der Waals surface area contributed by atoms with Crippen molar-refractivity contribution in [2.75, 3.05) is 6.61 Å². The number of carbonyl (C=O) groups is 1. The van der Waals surface area contributed by atoms with E-state index in [1.807, 2.05) is 0 Å². The summed E-state index contributed by atoms with van der Waals surface area (Å²) < 4.78 is 4.87. The molecule has 0 aliphatic heterocycles. The number of ether oxygens (including phenoxy) is 1. The summed E-state index contributed by atoms with van der Waals surface area (Å²) in [5.74, 6) is 0.720. The standard InChI is InChI=1S/C13H26O2/c1-4-12(2)10-8-6-5-7-9-11-15-13(3)14/h12H,4-11H2,1-3H3. The van der Waals surface area contributed by atoms with Crippen molar-refractivity contribution in [2.45, 2.75) is 65.7 Å². The Morgan fingerprint density at radius 1 is 1.13 bits per heavy atom. The molecule has 0 aliphatic rings. The van der Waals surface area contributed by atoms with Gasteiger partial charge >= 0.3 is 5.97 Å². The minimum atomic E-state index is -0.160. The molecule has 0 radical (unpaired) electrons. The second-order valence-electron chi connectivity index (χ2n) is 4.41. The van der Waals surface area contributed by atoms with Crippen LogP contribution in [0.2, 0.25) is 0 Å². The minimum absolute atomic E-state index is 0.160. The van der Waals surface area contributed by atoms with E-state index in [-0.39, 0.29) is 5.97 Å². The van der Waals surface area contributed by atoms with Gasteiger partial charge in [-0.05, 0) is 12.3 Å². The topological polar surface area (TPSA) is 26.3 Å². The molecule has 0 N–H and O–H groups in total. The van der Waals surface area contributed by atoms with Crippen LogP contribution in [0.3, 0.4) is 0 Å². The maximum Gasteiger partial charge on any atom is 0.302 e. The molecule has 0 bridgehead atoms. The number of hydrogen-bond donors (Lipinski definition) is 0. The maximum atomic E-state index is 10.5. The first-order valence-electron chi connectivity index (χ1n) is 6.30. The third-order valence-electron chi connectivity index (χ3n) is 2.84. The molecule has 0 saturated heterocycles. The van der Waals surface area contributed by atoms with Crippen molar-refractivity contribution in [3.05, 3.63) is 0 Å². The second-order valence-corrected chi connectivity index (χ2v) is 4.41. The van der Waals surface area contributed by atoms with Gasteiger partial charge in [0.2, 0.25) is 0 Å². The molecular weight excluding hydrogens is 188 g/mol. The fraction of sp³-hybridized carbons (Fsp3) is 0.923. The van der Waals surface area contributed by atoms with Crippen LogP contribution in [0.4, 0.5) is 0 Å². The van der Waals surface area contributed by atoms with Gasteiger partial charge in [0.25, 0.3) is 0 Å². The number of rotatable bonds is 9. The molecule has 0 aromatic heterocycles. The summed E-state index contributed by atoms with van der Waals surface area (Å²) in [5.41, 5.74) is 0. The summed E-state index contributed by atoms with van der Waals surface area (Å²) in [6, 6.07) is 0. The maximum absolute atomic E-state index is 10.5. The summed E-state index contributed by atoms with van der Waals surface area (Å²) in [7, 11) is 0. The zero-order valence-corrected chi connectivity index (χ0v) is 10.6. The van der Waals surface area contributed by atoms with E-state index in [4.69, 9.17) is 4.74 Å². The first kappa shape index (κ1) is 14.5. The predicted molar refractivity (Wildman–Crippen MR) is 63.8 cm³/mol. The Hall–Kier alpha value is -0.530. The number of unbranched alkanes of at least 4 members (excludes halogenated alkanes) is 4. The molecule has 2 heteroatoms. The minimum Gasteiger partial charge on any atom is -0.466 e. The van der Waals surface area contributed by atoms with Crippen LogP contribution in [0.5, 0.6) is 0 Å². The van der Waals surface area contributed by atoms with Crippen LogP contribution in [0.15, 0.2) is 0 Å². The van der Waals surface area contributed by atoms with Crippen LogP contribution >= 0.6 is 0 Å². The highest BCUT2D eigenvalue weighted by molar-refractivity contribution is 5.65. The van der Waals surface area contributed by atoms with Crippen LogP contribution in [-0.2, 0) is 9.53 Å². The first-order valence-corrected chi connectivity index (χ1v) is 6.30. The Morgan fingerprint density at radius 3 is 2.33 bits per heavy atom. The van der Waals surface area contributed by atoms with Crippen molar-refractivity contribution in [3.63, 3.8) is 0 Å². The van der Waals surface area contributed by atoms with Crippen molar-refractivity contribution >= 4 is 5.97 Å². The van der Waals surface area contributed by atoms with Gasteiger partial charge in [-0.3, -0.25) is 4.79 Å². The van der Waals surface area contributed by atoms with E-state index < -0.39 is 0 Å². The predicted octanol–water partition coefficient (Wildman–Crippen LogP) is 3.94. The molecule has 0 aliphatic carbocycles. The van der Waals surface area contributed by atoms with E-state index in [2.05, 4.69) is 13.8 Å². The summed E-state index contributed by atoms with van der Waals surface area (Å²) in [6.45, 7) is 6.64. The van der Waals surface area contributed by atoms with Gasteiger partial charge in [-0.2, -0.15) is 0 Å². The van der Waals surface area contributed by atoms with Crippen molar-refractivity contribution in [1.29, 1.82) is 0 Å². The van der Waals surface area contributed by atoms with Gasteiger partial charge < -0.3 is 4.74 Å². The molecule has 2 nitrogen and oxygen atoms in total. The first-order chi connectivity index (χ1) is 7.16. The van der Waals surface area contributed by atoms with E-state index in [1.54, 1.807) is 0 Å². The van der Waals surface area contributed by atoms with Crippen molar-refractivity contribution in [1.82, 2.24) is 0 Å². The zero-order valence-electron chi connectivity index (χ0n) is 10.6. The Labute approximate surface area is 94.4 Å². The Bertz CT molecular complexity index is 155. The summed E-state index contributed by atoms with van der Waals surface area (Å²) in [6.07, 6.45) is 8.81. The SMILES string of the molecule is CCC(C)CCCCCCCOC(C)=O. The average molecular weight is 214 g/mol. The Morgan fingerprint density at radius 2 is 1.73 bits per heavy atom. The summed E-state index contributed by atoms with van der Waals surface area (Å²) in [4.78, 5) is 10.5. The molecule has 15 heavy (non-hydrogen) atoms. The molecule has 0 fully saturated rings. The normalized spacial score (nSPS) is 12.5. The highest BCUT2D eigenvalue weighted by Crippen LogP contribution is 2.13. The van der Waals surface area contributed by atoms with E-state index in [0.29, 0.717) is 6.61 Å². The van der Waals surface area contributed by atoms with Gasteiger partial charge in [0.15, 0.2) is 0 Å². The lowest BCUT2D eigenvalue weighted by Gasteiger charge is -2.07. The third kappa shape index (κ3) is 11.4. The quantitative estimate of drug-likeness (QED) is 0.429. The van der Waals surface area contributed by atoms with Crippen LogP contribution in [-0.4, -0.2) is 12.6 Å². The molecule has 0 saturated carbocycles. The molecule has 1 unspecified atom stereocenters. The van der Waals surface area contributed by atoms with E-state index >= 15 is 0 Å². The van der Waals surface area contributed by atoms with E-state index in [1.165, 1.54) is 45.4 Å². The summed E-state index contributed by atoms with van der Waals surface area (Å²) in [5, 5.41) is 0. The molecule has 0 heterocycles. The number of esters is 1. The van der Waals surface area contributed by atoms with Crippen molar-refractivity contribution < 1.29 is 9.53 Å². The smallest absolute Gasteiger partial charge is 0.302 e. The Kier molecular flexibility index (Phi) is 9.65. The van der Waals surface area contributed by atoms with E-state index in [0.717, 1.165) is 12.3 Å². The van der Waals surface area contributed by atoms with Crippen LogP contribution < -0.4 is 0 Å². The van der Waals surface area contributed by atoms with Crippen LogP contribution in [0.1, 0.15) is 65.7 Å². The highest BCUT2D eigenvalue weighted by atomic mass is 16.5. The largest absolute Gasteiger partial charge is 0.466 e. The second kappa shape index (κ2) is 10.0. The van der Waals surface area contributed by atoms with Gasteiger partial charge in [0.1, 0.15) is 0 Å². The molecule has 0 aromatic rings. The highest BCUT2D eigenvalue weighted by Gasteiger charge is 1.98. The average Bonchev–Trinajstić information content (AvgIpc) is 2.21. The molecular formula is C13H26O2. The zero-order chi connectivity index (χ0) is 11.5. The van der Waals surface area contributed by atoms with Crippen LogP contribution in [0.25, 0.3) is 0 Å². The molecule has 0 aromatic carbocycles. The summed E-state index contributed by atoms with van der Waals surface area (Å²) >= 11 is 0. The molecule has 0 spiro atoms. The van der Waals surface area contributed by atoms with Gasteiger partial charge in [-0.25, -0.2) is 0 Å². The van der Waals surface area contributed by atoms with Crippen molar-refractivity contribution in [2.24, 2.45) is 5.92 Å². The lowest BCUT2D eigenvalue weighted by molar-refractivity contribution is -0.141. The number of hydrogen-bond acceptors (Lipinski definition) is 2. The van der Waals surface area contributed by atoms with E-state index in [9.17, 15) is 4.79 Å². The van der Waals surface area contributed by atoms with Gasteiger partial charge in [0, 0.05) is 6.92 Å². The van der Waals surface area contributed by atoms with Gasteiger partial charge in [-0.15, -0.1) is 0 Å². The molecule has 1 atom stereocenters. The number of carbonyl (C=O) groups excluding carboxylic acids is 1. The van der Waals surface area contributed by atoms with Crippen molar-refractivity contribution in [3.8, 4) is 0 Å². The molecule has 0 amide bonds. The third-order valence-corrected chi connectivity index (χ3v) is 2.84. The monoisotopic (exact) mass is 214 g/mol.